The van der Waals surface area contributed by atoms with Gasteiger partial charge in [0.25, 0.3) is 0 Å². The molecule has 2 aromatic heterocycles. The highest BCUT2D eigenvalue weighted by molar-refractivity contribution is 8.00. The summed E-state index contributed by atoms with van der Waals surface area (Å²) in [5.41, 5.74) is 1.41. The zero-order chi connectivity index (χ0) is 13.0. The zero-order valence-corrected chi connectivity index (χ0v) is 12.2. The predicted octanol–water partition coefficient (Wildman–Crippen LogP) is 4.00. The summed E-state index contributed by atoms with van der Waals surface area (Å²) in [7, 11) is 0. The third-order valence-corrected chi connectivity index (χ3v) is 4.91. The summed E-state index contributed by atoms with van der Waals surface area (Å²) in [5, 5.41) is 7.13. The minimum Gasteiger partial charge on any atom is -0.294 e. The molecular formula is C13H12O2S3. The van der Waals surface area contributed by atoms with Gasteiger partial charge in [-0.1, -0.05) is 0 Å². The molecule has 0 fully saturated rings. The number of rotatable bonds is 6. The Morgan fingerprint density at radius 1 is 1.17 bits per heavy atom. The normalized spacial score (nSPS) is 12.3. The third-order valence-electron chi connectivity index (χ3n) is 2.60. The molecule has 0 spiro atoms. The van der Waals surface area contributed by atoms with E-state index in [1.54, 1.807) is 6.07 Å². The standard InChI is InChI=1S/C13H12O2S3/c1-16-12(13(15)10-3-5-18-8-10)6-11(14)9-2-4-17-7-9/h2-5,7-8,12H,6H2,1H3. The Kier molecular flexibility index (Phi) is 4.74. The van der Waals surface area contributed by atoms with Gasteiger partial charge in [0.1, 0.15) is 0 Å². The van der Waals surface area contributed by atoms with Crippen LogP contribution in [0.2, 0.25) is 0 Å². The van der Waals surface area contributed by atoms with Crippen molar-refractivity contribution < 1.29 is 9.59 Å². The first-order valence-corrected chi connectivity index (χ1v) is 8.54. The van der Waals surface area contributed by atoms with Crippen molar-refractivity contribution in [3.05, 3.63) is 44.8 Å². The maximum atomic E-state index is 12.2. The molecule has 0 aliphatic heterocycles. The number of ketones is 2. The van der Waals surface area contributed by atoms with Crippen molar-refractivity contribution in [2.24, 2.45) is 0 Å². The molecule has 18 heavy (non-hydrogen) atoms. The fourth-order valence-corrected chi connectivity index (χ4v) is 3.56. The molecular weight excluding hydrogens is 284 g/mol. The molecule has 2 nitrogen and oxygen atoms in total. The fourth-order valence-electron chi connectivity index (χ4n) is 1.58. The van der Waals surface area contributed by atoms with Crippen LogP contribution in [0.15, 0.2) is 33.7 Å². The van der Waals surface area contributed by atoms with E-state index < -0.39 is 0 Å². The van der Waals surface area contributed by atoms with E-state index in [1.807, 2.05) is 33.8 Å². The van der Waals surface area contributed by atoms with Crippen molar-refractivity contribution in [3.8, 4) is 0 Å². The topological polar surface area (TPSA) is 34.1 Å². The second-order valence-corrected chi connectivity index (χ2v) is 6.34. The monoisotopic (exact) mass is 296 g/mol. The summed E-state index contributed by atoms with van der Waals surface area (Å²) in [6, 6.07) is 3.62. The lowest BCUT2D eigenvalue weighted by atomic mass is 10.0. The number of hydrogen-bond acceptors (Lipinski definition) is 5. The van der Waals surface area contributed by atoms with E-state index in [4.69, 9.17) is 0 Å². The Balaban J connectivity index is 2.06. The molecule has 1 atom stereocenters. The Bertz CT molecular complexity index is 514. The lowest BCUT2D eigenvalue weighted by Crippen LogP contribution is -2.20. The molecule has 0 aromatic carbocycles. The first kappa shape index (κ1) is 13.5. The first-order chi connectivity index (χ1) is 8.72. The van der Waals surface area contributed by atoms with Gasteiger partial charge in [0.15, 0.2) is 11.6 Å². The lowest BCUT2D eigenvalue weighted by molar-refractivity contribution is 0.0924. The highest BCUT2D eigenvalue weighted by atomic mass is 32.2. The summed E-state index contributed by atoms with van der Waals surface area (Å²) in [4.78, 5) is 24.2. The van der Waals surface area contributed by atoms with Gasteiger partial charge in [-0.25, -0.2) is 0 Å². The van der Waals surface area contributed by atoms with Crippen LogP contribution in [-0.2, 0) is 0 Å². The fraction of sp³-hybridized carbons (Fsp3) is 0.231. The number of thioether (sulfide) groups is 1. The summed E-state index contributed by atoms with van der Waals surface area (Å²) in [5.74, 6) is 0.0894. The van der Waals surface area contributed by atoms with Gasteiger partial charge in [-0.3, -0.25) is 9.59 Å². The van der Waals surface area contributed by atoms with E-state index in [2.05, 4.69) is 0 Å². The Labute approximate surface area is 118 Å². The van der Waals surface area contributed by atoms with Crippen molar-refractivity contribution >= 4 is 46.0 Å². The SMILES string of the molecule is CSC(CC(=O)c1ccsc1)C(=O)c1ccsc1. The van der Waals surface area contributed by atoms with Gasteiger partial charge in [0.05, 0.1) is 5.25 Å². The molecule has 0 bridgehead atoms. The second kappa shape index (κ2) is 6.31. The molecule has 0 saturated carbocycles. The van der Waals surface area contributed by atoms with Gasteiger partial charge >= 0.3 is 0 Å². The van der Waals surface area contributed by atoms with Crippen LogP contribution in [0.25, 0.3) is 0 Å². The maximum absolute atomic E-state index is 12.2. The zero-order valence-electron chi connectivity index (χ0n) is 9.79. The molecule has 5 heteroatoms. The van der Waals surface area contributed by atoms with Crippen LogP contribution in [-0.4, -0.2) is 23.1 Å². The first-order valence-electron chi connectivity index (χ1n) is 5.37. The lowest BCUT2D eigenvalue weighted by Gasteiger charge is -2.11. The summed E-state index contributed by atoms with van der Waals surface area (Å²) in [6.07, 6.45) is 2.14. The highest BCUT2D eigenvalue weighted by Crippen LogP contribution is 2.21. The Morgan fingerprint density at radius 2 is 1.78 bits per heavy atom. The van der Waals surface area contributed by atoms with Crippen LogP contribution in [0.3, 0.4) is 0 Å². The molecule has 0 amide bonds. The van der Waals surface area contributed by atoms with Crippen molar-refractivity contribution in [1.29, 1.82) is 0 Å². The average molecular weight is 296 g/mol. The molecule has 0 radical (unpaired) electrons. The Hall–Kier alpha value is -0.910. The van der Waals surface area contributed by atoms with E-state index in [-0.39, 0.29) is 23.2 Å². The van der Waals surface area contributed by atoms with E-state index in [1.165, 1.54) is 34.4 Å². The van der Waals surface area contributed by atoms with Crippen LogP contribution >= 0.6 is 34.4 Å². The minimum atomic E-state index is -0.285. The summed E-state index contributed by atoms with van der Waals surface area (Å²) in [6.45, 7) is 0. The molecule has 0 aliphatic carbocycles. The minimum absolute atomic E-state index is 0.0409. The van der Waals surface area contributed by atoms with E-state index >= 15 is 0 Å². The maximum Gasteiger partial charge on any atom is 0.177 e. The molecule has 94 valence electrons. The quantitative estimate of drug-likeness (QED) is 0.756. The molecule has 0 aliphatic rings. The van der Waals surface area contributed by atoms with Gasteiger partial charge in [-0.15, -0.1) is 0 Å². The van der Waals surface area contributed by atoms with Crippen molar-refractivity contribution in [2.75, 3.05) is 6.26 Å². The van der Waals surface area contributed by atoms with Crippen LogP contribution in [0.1, 0.15) is 27.1 Å². The number of carbonyl (C=O) groups is 2. The van der Waals surface area contributed by atoms with Crippen molar-refractivity contribution in [3.63, 3.8) is 0 Å². The van der Waals surface area contributed by atoms with E-state index in [0.717, 1.165) is 0 Å². The summed E-state index contributed by atoms with van der Waals surface area (Å²) < 4.78 is 0. The number of hydrogen-bond donors (Lipinski definition) is 0. The van der Waals surface area contributed by atoms with Crippen molar-refractivity contribution in [2.45, 2.75) is 11.7 Å². The van der Waals surface area contributed by atoms with Crippen molar-refractivity contribution in [1.82, 2.24) is 0 Å². The number of Topliss-reactive ketones (excluding diaryl/α,β-unsaturated/α-hetero) is 2. The molecule has 2 rings (SSSR count). The largest absolute Gasteiger partial charge is 0.294 e. The number of thiophene rings is 2. The van der Waals surface area contributed by atoms with Gasteiger partial charge in [0.2, 0.25) is 0 Å². The molecule has 0 N–H and O–H groups in total. The molecule has 0 saturated heterocycles. The van der Waals surface area contributed by atoms with Crippen LogP contribution in [0.4, 0.5) is 0 Å². The van der Waals surface area contributed by atoms with Gasteiger partial charge in [-0.2, -0.15) is 34.4 Å². The Morgan fingerprint density at radius 3 is 2.28 bits per heavy atom. The van der Waals surface area contributed by atoms with Gasteiger partial charge < -0.3 is 0 Å². The third kappa shape index (κ3) is 3.10. The van der Waals surface area contributed by atoms with E-state index in [9.17, 15) is 9.59 Å². The molecule has 2 aromatic rings. The van der Waals surface area contributed by atoms with Crippen LogP contribution < -0.4 is 0 Å². The average Bonchev–Trinajstić information content (AvgIpc) is 3.05. The van der Waals surface area contributed by atoms with Crippen LogP contribution in [0, 0.1) is 0 Å². The predicted molar refractivity (Wildman–Crippen MR) is 79.2 cm³/mol. The van der Waals surface area contributed by atoms with Gasteiger partial charge in [0, 0.05) is 28.3 Å². The number of carbonyl (C=O) groups excluding carboxylic acids is 2. The molecule has 2 heterocycles. The van der Waals surface area contributed by atoms with Gasteiger partial charge in [-0.05, 0) is 29.1 Å². The second-order valence-electron chi connectivity index (χ2n) is 3.74. The van der Waals surface area contributed by atoms with Crippen LogP contribution in [0.5, 0.6) is 0 Å². The molecule has 1 unspecified atom stereocenters. The van der Waals surface area contributed by atoms with E-state index in [0.29, 0.717) is 11.1 Å². The smallest absolute Gasteiger partial charge is 0.177 e. The highest BCUT2D eigenvalue weighted by Gasteiger charge is 2.23. The summed E-state index contributed by atoms with van der Waals surface area (Å²) >= 11 is 4.44.